The molecule has 0 aliphatic heterocycles. The molecule has 0 spiro atoms. The molecule has 2 aromatic rings. The number of fused-ring (bicyclic) bond motifs is 1. The first-order valence-corrected chi connectivity index (χ1v) is 5.27. The number of nitrogen functional groups attached to an aromatic ring is 1. The molecule has 82 valence electrons. The molecule has 0 saturated heterocycles. The Morgan fingerprint density at radius 1 is 1.19 bits per heavy atom. The average molecular weight is 216 g/mol. The molecule has 16 heavy (non-hydrogen) atoms. The number of nitrogens with two attached hydrogens (primary N) is 1. The fourth-order valence-corrected chi connectivity index (χ4v) is 1.96. The number of anilines is 2. The molecule has 0 radical (unpaired) electrons. The molecule has 1 aliphatic carbocycles. The Hall–Kier alpha value is -2.04. The molecule has 3 N–H and O–H groups in total. The molecule has 1 aromatic carbocycles. The lowest BCUT2D eigenvalue weighted by Crippen LogP contribution is -2.15. The van der Waals surface area contributed by atoms with E-state index in [0.29, 0.717) is 22.8 Å². The van der Waals surface area contributed by atoms with E-state index in [2.05, 4.69) is 27.8 Å². The van der Waals surface area contributed by atoms with Gasteiger partial charge >= 0.3 is 0 Å². The number of hydrogen-bond donors (Lipinski definition) is 2. The van der Waals surface area contributed by atoms with E-state index >= 15 is 0 Å². The van der Waals surface area contributed by atoms with Crippen LogP contribution in [0.2, 0.25) is 0 Å². The molecule has 0 bridgehead atoms. The van der Waals surface area contributed by atoms with Crippen molar-refractivity contribution < 1.29 is 4.63 Å². The van der Waals surface area contributed by atoms with Crippen molar-refractivity contribution in [2.45, 2.75) is 18.9 Å². The van der Waals surface area contributed by atoms with Crippen molar-refractivity contribution in [2.24, 2.45) is 0 Å². The van der Waals surface area contributed by atoms with Crippen LogP contribution in [0, 0.1) is 0 Å². The lowest BCUT2D eigenvalue weighted by molar-refractivity contribution is 0.315. The number of rotatable bonds is 2. The summed E-state index contributed by atoms with van der Waals surface area (Å²) >= 11 is 0. The van der Waals surface area contributed by atoms with Crippen molar-refractivity contribution in [1.29, 1.82) is 0 Å². The van der Waals surface area contributed by atoms with Crippen LogP contribution in [0.1, 0.15) is 12.8 Å². The molecular weight excluding hydrogens is 204 g/mol. The monoisotopic (exact) mass is 216 g/mol. The van der Waals surface area contributed by atoms with E-state index in [-0.39, 0.29) is 0 Å². The van der Waals surface area contributed by atoms with Gasteiger partial charge in [0.1, 0.15) is 0 Å². The van der Waals surface area contributed by atoms with Crippen LogP contribution < -0.4 is 11.1 Å². The molecule has 3 rings (SSSR count). The average Bonchev–Trinajstić information content (AvgIpc) is 2.92. The summed E-state index contributed by atoms with van der Waals surface area (Å²) < 4.78 is 4.72. The molecule has 5 heteroatoms. The summed E-state index contributed by atoms with van der Waals surface area (Å²) in [5.41, 5.74) is 8.62. The Bertz CT molecular complexity index is 538. The van der Waals surface area contributed by atoms with Crippen molar-refractivity contribution in [3.05, 3.63) is 24.3 Å². The molecule has 1 aliphatic rings. The minimum absolute atomic E-state index is 0.434. The minimum atomic E-state index is 0.434. The van der Waals surface area contributed by atoms with Gasteiger partial charge in [-0.25, -0.2) is 4.63 Å². The molecule has 0 saturated carbocycles. The SMILES string of the molecule is Nc1ccc(NC2CC=CC2)c2nonc12. The quantitative estimate of drug-likeness (QED) is 0.592. The summed E-state index contributed by atoms with van der Waals surface area (Å²) in [6, 6.07) is 4.17. The van der Waals surface area contributed by atoms with Gasteiger partial charge in [0.2, 0.25) is 0 Å². The molecule has 0 unspecified atom stereocenters. The second kappa shape index (κ2) is 3.52. The van der Waals surface area contributed by atoms with Crippen molar-refractivity contribution in [3.63, 3.8) is 0 Å². The van der Waals surface area contributed by atoms with Gasteiger partial charge in [0.15, 0.2) is 11.0 Å². The topological polar surface area (TPSA) is 77.0 Å². The van der Waals surface area contributed by atoms with Crippen LogP contribution in [0.25, 0.3) is 11.0 Å². The smallest absolute Gasteiger partial charge is 0.160 e. The predicted molar refractivity (Wildman–Crippen MR) is 62.0 cm³/mol. The summed E-state index contributed by atoms with van der Waals surface area (Å²) in [6.45, 7) is 0. The Kier molecular flexibility index (Phi) is 2.02. The number of aromatic nitrogens is 2. The fourth-order valence-electron chi connectivity index (χ4n) is 1.96. The largest absolute Gasteiger partial charge is 0.397 e. The van der Waals surface area contributed by atoms with E-state index in [1.807, 2.05) is 12.1 Å². The highest BCUT2D eigenvalue weighted by atomic mass is 16.6. The highest BCUT2D eigenvalue weighted by Crippen LogP contribution is 2.27. The molecule has 0 atom stereocenters. The Morgan fingerprint density at radius 3 is 2.75 bits per heavy atom. The summed E-state index contributed by atoms with van der Waals surface area (Å²) in [7, 11) is 0. The molecular formula is C11H12N4O. The molecule has 0 fully saturated rings. The van der Waals surface area contributed by atoms with Gasteiger partial charge < -0.3 is 11.1 Å². The van der Waals surface area contributed by atoms with E-state index in [4.69, 9.17) is 10.4 Å². The number of benzene rings is 1. The van der Waals surface area contributed by atoms with Gasteiger partial charge in [-0.3, -0.25) is 0 Å². The van der Waals surface area contributed by atoms with Crippen molar-refractivity contribution in [1.82, 2.24) is 10.3 Å². The maximum atomic E-state index is 5.78. The van der Waals surface area contributed by atoms with Crippen LogP contribution in [0.5, 0.6) is 0 Å². The molecule has 1 aromatic heterocycles. The van der Waals surface area contributed by atoms with Crippen LogP contribution in [0.15, 0.2) is 28.9 Å². The van der Waals surface area contributed by atoms with Gasteiger partial charge in [-0.2, -0.15) is 0 Å². The van der Waals surface area contributed by atoms with E-state index in [1.165, 1.54) is 0 Å². The minimum Gasteiger partial charge on any atom is -0.397 e. The third kappa shape index (κ3) is 1.41. The van der Waals surface area contributed by atoms with E-state index < -0.39 is 0 Å². The van der Waals surface area contributed by atoms with Gasteiger partial charge in [-0.15, -0.1) is 0 Å². The fraction of sp³-hybridized carbons (Fsp3) is 0.273. The van der Waals surface area contributed by atoms with Gasteiger partial charge in [0.05, 0.1) is 11.4 Å². The number of hydrogen-bond acceptors (Lipinski definition) is 5. The van der Waals surface area contributed by atoms with Crippen LogP contribution in [0.4, 0.5) is 11.4 Å². The van der Waals surface area contributed by atoms with Gasteiger partial charge in [0, 0.05) is 6.04 Å². The van der Waals surface area contributed by atoms with Crippen molar-refractivity contribution in [3.8, 4) is 0 Å². The molecule has 5 nitrogen and oxygen atoms in total. The summed E-state index contributed by atoms with van der Waals surface area (Å²) in [4.78, 5) is 0. The third-order valence-corrected chi connectivity index (χ3v) is 2.81. The maximum absolute atomic E-state index is 5.78. The van der Waals surface area contributed by atoms with Crippen LogP contribution in [0.3, 0.4) is 0 Å². The highest BCUT2D eigenvalue weighted by molar-refractivity contribution is 5.95. The normalized spacial score (nSPS) is 16.0. The number of nitrogens with zero attached hydrogens (tertiary/aromatic N) is 2. The highest BCUT2D eigenvalue weighted by Gasteiger charge is 2.14. The van der Waals surface area contributed by atoms with Crippen molar-refractivity contribution >= 4 is 22.4 Å². The summed E-state index contributed by atoms with van der Waals surface area (Å²) in [6.07, 6.45) is 6.43. The van der Waals surface area contributed by atoms with Crippen molar-refractivity contribution in [2.75, 3.05) is 11.1 Å². The lowest BCUT2D eigenvalue weighted by atomic mass is 10.2. The van der Waals surface area contributed by atoms with Crippen LogP contribution in [-0.2, 0) is 0 Å². The zero-order valence-electron chi connectivity index (χ0n) is 8.68. The zero-order valence-corrected chi connectivity index (χ0v) is 8.68. The van der Waals surface area contributed by atoms with E-state index in [9.17, 15) is 0 Å². The maximum Gasteiger partial charge on any atom is 0.160 e. The van der Waals surface area contributed by atoms with Gasteiger partial charge in [-0.05, 0) is 35.3 Å². The van der Waals surface area contributed by atoms with E-state index in [0.717, 1.165) is 18.5 Å². The Balaban J connectivity index is 1.97. The predicted octanol–water partition coefficient (Wildman–Crippen LogP) is 1.94. The lowest BCUT2D eigenvalue weighted by Gasteiger charge is -2.13. The van der Waals surface area contributed by atoms with E-state index in [1.54, 1.807) is 0 Å². The first-order valence-electron chi connectivity index (χ1n) is 5.27. The standard InChI is InChI=1S/C11H12N4O/c12-8-5-6-9(11-10(8)14-16-15-11)13-7-3-1-2-4-7/h1-2,5-7,13H,3-4,12H2. The van der Waals surface area contributed by atoms with Crippen LogP contribution in [-0.4, -0.2) is 16.4 Å². The molecule has 0 amide bonds. The van der Waals surface area contributed by atoms with Gasteiger partial charge in [0.25, 0.3) is 0 Å². The third-order valence-electron chi connectivity index (χ3n) is 2.81. The number of nitrogens with one attached hydrogen (secondary N) is 1. The second-order valence-electron chi connectivity index (χ2n) is 3.95. The first-order chi connectivity index (χ1) is 7.84. The van der Waals surface area contributed by atoms with Gasteiger partial charge in [-0.1, -0.05) is 12.2 Å². The second-order valence-corrected chi connectivity index (χ2v) is 3.95. The first kappa shape index (κ1) is 9.21. The zero-order chi connectivity index (χ0) is 11.0. The Morgan fingerprint density at radius 2 is 1.94 bits per heavy atom. The molecule has 1 heterocycles. The Labute approximate surface area is 92.3 Å². The summed E-state index contributed by atoms with van der Waals surface area (Å²) in [5, 5.41) is 11.1. The summed E-state index contributed by atoms with van der Waals surface area (Å²) in [5.74, 6) is 0. The van der Waals surface area contributed by atoms with Crippen LogP contribution >= 0.6 is 0 Å².